The molecule has 1 unspecified atom stereocenters. The standard InChI is InChI=1S/C13H21N3O2/c1-4-10(2)16-12-7-11(8-14-9-12)13(17)15-5-6-18-3/h7-10,16H,4-6H2,1-3H3,(H,15,17). The molecule has 1 amide bonds. The summed E-state index contributed by atoms with van der Waals surface area (Å²) >= 11 is 0. The van der Waals surface area contributed by atoms with Gasteiger partial charge in [-0.3, -0.25) is 9.78 Å². The molecule has 0 bridgehead atoms. The number of anilines is 1. The monoisotopic (exact) mass is 251 g/mol. The predicted molar refractivity (Wildman–Crippen MR) is 71.8 cm³/mol. The molecular formula is C13H21N3O2. The number of amides is 1. The minimum atomic E-state index is -0.132. The van der Waals surface area contributed by atoms with Crippen LogP contribution in [0.3, 0.4) is 0 Å². The molecule has 0 saturated carbocycles. The van der Waals surface area contributed by atoms with E-state index in [9.17, 15) is 4.79 Å². The first-order valence-corrected chi connectivity index (χ1v) is 6.16. The summed E-state index contributed by atoms with van der Waals surface area (Å²) in [7, 11) is 1.60. The van der Waals surface area contributed by atoms with Gasteiger partial charge < -0.3 is 15.4 Å². The number of pyridine rings is 1. The Labute approximate surface area is 108 Å². The van der Waals surface area contributed by atoms with Gasteiger partial charge in [-0.2, -0.15) is 0 Å². The second-order valence-electron chi connectivity index (χ2n) is 4.16. The van der Waals surface area contributed by atoms with E-state index >= 15 is 0 Å². The van der Waals surface area contributed by atoms with Crippen molar-refractivity contribution in [1.82, 2.24) is 10.3 Å². The number of ether oxygens (including phenoxy) is 1. The maximum atomic E-state index is 11.8. The normalized spacial score (nSPS) is 11.9. The van der Waals surface area contributed by atoms with Gasteiger partial charge in [-0.15, -0.1) is 0 Å². The van der Waals surface area contributed by atoms with Gasteiger partial charge in [-0.25, -0.2) is 0 Å². The summed E-state index contributed by atoms with van der Waals surface area (Å²) in [6, 6.07) is 2.17. The predicted octanol–water partition coefficient (Wildman–Crippen LogP) is 1.67. The molecule has 0 radical (unpaired) electrons. The summed E-state index contributed by atoms with van der Waals surface area (Å²) in [6.45, 7) is 5.19. The van der Waals surface area contributed by atoms with Gasteiger partial charge >= 0.3 is 0 Å². The van der Waals surface area contributed by atoms with Crippen LogP contribution in [0, 0.1) is 0 Å². The Balaban J connectivity index is 2.60. The molecule has 1 rings (SSSR count). The zero-order valence-electron chi connectivity index (χ0n) is 11.2. The van der Waals surface area contributed by atoms with Crippen molar-refractivity contribution < 1.29 is 9.53 Å². The molecule has 1 aromatic rings. The van der Waals surface area contributed by atoms with Gasteiger partial charge in [0.05, 0.1) is 17.9 Å². The number of hydrogen-bond acceptors (Lipinski definition) is 4. The number of nitrogens with zero attached hydrogens (tertiary/aromatic N) is 1. The molecule has 100 valence electrons. The van der Waals surface area contributed by atoms with Crippen LogP contribution < -0.4 is 10.6 Å². The van der Waals surface area contributed by atoms with Crippen LogP contribution in [0.5, 0.6) is 0 Å². The van der Waals surface area contributed by atoms with Crippen molar-refractivity contribution in [3.05, 3.63) is 24.0 Å². The molecule has 0 fully saturated rings. The molecule has 0 aliphatic carbocycles. The third-order valence-corrected chi connectivity index (χ3v) is 2.62. The van der Waals surface area contributed by atoms with E-state index in [0.717, 1.165) is 12.1 Å². The highest BCUT2D eigenvalue weighted by Gasteiger charge is 2.07. The van der Waals surface area contributed by atoms with Crippen LogP contribution in [0.2, 0.25) is 0 Å². The lowest BCUT2D eigenvalue weighted by atomic mass is 10.2. The van der Waals surface area contributed by atoms with Crippen LogP contribution in [0.15, 0.2) is 18.5 Å². The molecule has 0 aromatic carbocycles. The van der Waals surface area contributed by atoms with Gasteiger partial charge in [0.25, 0.3) is 5.91 Å². The summed E-state index contributed by atoms with van der Waals surface area (Å²) in [5.74, 6) is -0.132. The van der Waals surface area contributed by atoms with Gasteiger partial charge in [0.15, 0.2) is 0 Å². The summed E-state index contributed by atoms with van der Waals surface area (Å²) in [5, 5.41) is 6.05. The van der Waals surface area contributed by atoms with E-state index in [4.69, 9.17) is 4.74 Å². The van der Waals surface area contributed by atoms with E-state index in [1.165, 1.54) is 0 Å². The molecular weight excluding hydrogens is 230 g/mol. The van der Waals surface area contributed by atoms with Crippen molar-refractivity contribution in [1.29, 1.82) is 0 Å². The van der Waals surface area contributed by atoms with Gasteiger partial charge in [0.2, 0.25) is 0 Å². The average molecular weight is 251 g/mol. The fourth-order valence-corrected chi connectivity index (χ4v) is 1.40. The summed E-state index contributed by atoms with van der Waals surface area (Å²) in [5.41, 5.74) is 1.42. The largest absolute Gasteiger partial charge is 0.383 e. The first-order chi connectivity index (χ1) is 8.67. The lowest BCUT2D eigenvalue weighted by Gasteiger charge is -2.13. The van der Waals surface area contributed by atoms with Crippen LogP contribution >= 0.6 is 0 Å². The maximum Gasteiger partial charge on any atom is 0.253 e. The van der Waals surface area contributed by atoms with Crippen LogP contribution in [-0.2, 0) is 4.74 Å². The number of rotatable bonds is 7. The molecule has 5 heteroatoms. The van der Waals surface area contributed by atoms with E-state index < -0.39 is 0 Å². The van der Waals surface area contributed by atoms with Crippen molar-refractivity contribution in [3.8, 4) is 0 Å². The first kappa shape index (κ1) is 14.4. The number of carbonyl (C=O) groups excluding carboxylic acids is 1. The third-order valence-electron chi connectivity index (χ3n) is 2.62. The highest BCUT2D eigenvalue weighted by molar-refractivity contribution is 5.94. The quantitative estimate of drug-likeness (QED) is 0.724. The number of methoxy groups -OCH3 is 1. The lowest BCUT2D eigenvalue weighted by Crippen LogP contribution is -2.27. The minimum Gasteiger partial charge on any atom is -0.383 e. The second-order valence-corrected chi connectivity index (χ2v) is 4.16. The summed E-state index contributed by atoms with van der Waals surface area (Å²) in [6.07, 6.45) is 4.30. The molecule has 1 heterocycles. The fourth-order valence-electron chi connectivity index (χ4n) is 1.40. The van der Waals surface area contributed by atoms with E-state index in [1.54, 1.807) is 25.6 Å². The second kappa shape index (κ2) is 7.66. The molecule has 2 N–H and O–H groups in total. The fraction of sp³-hybridized carbons (Fsp3) is 0.538. The SMILES string of the molecule is CCC(C)Nc1cncc(C(=O)NCCOC)c1. The number of hydrogen-bond donors (Lipinski definition) is 2. The zero-order chi connectivity index (χ0) is 13.4. The Morgan fingerprint density at radius 3 is 2.94 bits per heavy atom. The van der Waals surface area contributed by atoms with E-state index in [2.05, 4.69) is 29.5 Å². The van der Waals surface area contributed by atoms with Crippen LogP contribution in [0.1, 0.15) is 30.6 Å². The lowest BCUT2D eigenvalue weighted by molar-refractivity contribution is 0.0937. The van der Waals surface area contributed by atoms with E-state index in [-0.39, 0.29) is 5.91 Å². The van der Waals surface area contributed by atoms with Crippen LogP contribution in [-0.4, -0.2) is 37.2 Å². The third kappa shape index (κ3) is 4.71. The van der Waals surface area contributed by atoms with E-state index in [0.29, 0.717) is 24.8 Å². The minimum absolute atomic E-state index is 0.132. The summed E-state index contributed by atoms with van der Waals surface area (Å²) < 4.78 is 4.88. The Morgan fingerprint density at radius 2 is 2.28 bits per heavy atom. The Kier molecular flexibility index (Phi) is 6.14. The molecule has 1 atom stereocenters. The van der Waals surface area contributed by atoms with Crippen molar-refractivity contribution >= 4 is 11.6 Å². The van der Waals surface area contributed by atoms with Gasteiger partial charge in [-0.05, 0) is 19.4 Å². The highest BCUT2D eigenvalue weighted by atomic mass is 16.5. The van der Waals surface area contributed by atoms with Gasteiger partial charge in [0, 0.05) is 32.1 Å². The topological polar surface area (TPSA) is 63.2 Å². The smallest absolute Gasteiger partial charge is 0.253 e. The molecule has 5 nitrogen and oxygen atoms in total. The first-order valence-electron chi connectivity index (χ1n) is 6.16. The molecule has 0 spiro atoms. The summed E-state index contributed by atoms with van der Waals surface area (Å²) in [4.78, 5) is 15.9. The zero-order valence-corrected chi connectivity index (χ0v) is 11.2. The van der Waals surface area contributed by atoms with Gasteiger partial charge in [0.1, 0.15) is 0 Å². The molecule has 18 heavy (non-hydrogen) atoms. The van der Waals surface area contributed by atoms with Crippen molar-refractivity contribution in [2.75, 3.05) is 25.6 Å². The maximum absolute atomic E-state index is 11.8. The molecule has 0 saturated heterocycles. The van der Waals surface area contributed by atoms with Crippen molar-refractivity contribution in [2.24, 2.45) is 0 Å². The Morgan fingerprint density at radius 1 is 1.50 bits per heavy atom. The molecule has 0 aliphatic heterocycles. The van der Waals surface area contributed by atoms with Crippen molar-refractivity contribution in [2.45, 2.75) is 26.3 Å². The Bertz CT molecular complexity index is 382. The number of aromatic nitrogens is 1. The number of nitrogens with one attached hydrogen (secondary N) is 2. The molecule has 0 aliphatic rings. The number of carbonyl (C=O) groups is 1. The highest BCUT2D eigenvalue weighted by Crippen LogP contribution is 2.10. The average Bonchev–Trinajstić information content (AvgIpc) is 2.39. The van der Waals surface area contributed by atoms with Gasteiger partial charge in [-0.1, -0.05) is 6.92 Å². The van der Waals surface area contributed by atoms with Crippen LogP contribution in [0.4, 0.5) is 5.69 Å². The van der Waals surface area contributed by atoms with E-state index in [1.807, 2.05) is 0 Å². The molecule has 1 aromatic heterocycles. The van der Waals surface area contributed by atoms with Crippen molar-refractivity contribution in [3.63, 3.8) is 0 Å². The Hall–Kier alpha value is -1.62. The van der Waals surface area contributed by atoms with Crippen LogP contribution in [0.25, 0.3) is 0 Å².